The minimum Gasteiger partial charge on any atom is -0.380 e. The zero-order chi connectivity index (χ0) is 12.0. The van der Waals surface area contributed by atoms with Crippen molar-refractivity contribution < 1.29 is 4.74 Å². The molecule has 3 nitrogen and oxygen atoms in total. The normalized spacial score (nSPS) is 19.9. The van der Waals surface area contributed by atoms with Crippen molar-refractivity contribution in [3.05, 3.63) is 0 Å². The molecule has 0 amide bonds. The predicted octanol–water partition coefficient (Wildman–Crippen LogP) is 1.69. The van der Waals surface area contributed by atoms with Crippen molar-refractivity contribution >= 4 is 0 Å². The number of nitrogens with zero attached hydrogens (tertiary/aromatic N) is 2. The van der Waals surface area contributed by atoms with E-state index in [9.17, 15) is 0 Å². The molecule has 1 fully saturated rings. The molecule has 0 unspecified atom stereocenters. The van der Waals surface area contributed by atoms with Gasteiger partial charge in [0.1, 0.15) is 0 Å². The van der Waals surface area contributed by atoms with Crippen LogP contribution in [0.4, 0.5) is 0 Å². The molecule has 0 aromatic carbocycles. The van der Waals surface area contributed by atoms with Crippen LogP contribution in [-0.4, -0.2) is 61.8 Å². The number of ether oxygens (including phenoxy) is 1. The van der Waals surface area contributed by atoms with Gasteiger partial charge < -0.3 is 4.74 Å². The van der Waals surface area contributed by atoms with Crippen LogP contribution in [0, 0.1) is 5.92 Å². The van der Waals surface area contributed by atoms with E-state index in [0.29, 0.717) is 12.0 Å². The highest BCUT2D eigenvalue weighted by atomic mass is 16.5. The van der Waals surface area contributed by atoms with Gasteiger partial charge in [0.15, 0.2) is 0 Å². The Bertz CT molecular complexity index is 175. The van der Waals surface area contributed by atoms with E-state index in [1.807, 2.05) is 0 Å². The van der Waals surface area contributed by atoms with E-state index in [-0.39, 0.29) is 0 Å². The summed E-state index contributed by atoms with van der Waals surface area (Å²) in [5, 5.41) is 0. The molecule has 1 saturated heterocycles. The van der Waals surface area contributed by atoms with Gasteiger partial charge in [0.25, 0.3) is 0 Å². The molecule has 0 saturated carbocycles. The highest BCUT2D eigenvalue weighted by Crippen LogP contribution is 2.05. The Balaban J connectivity index is 2.04. The van der Waals surface area contributed by atoms with E-state index in [1.54, 1.807) is 0 Å². The van der Waals surface area contributed by atoms with Crippen LogP contribution in [0.2, 0.25) is 0 Å². The van der Waals surface area contributed by atoms with Crippen molar-refractivity contribution in [3.8, 4) is 0 Å². The van der Waals surface area contributed by atoms with Gasteiger partial charge in [0.05, 0.1) is 6.61 Å². The fraction of sp³-hybridized carbons (Fsp3) is 1.00. The standard InChI is InChI=1S/C13H28N2O/c1-12(2)11-16-10-9-14-5-7-15(8-6-14)13(3)4/h12-13H,5-11H2,1-4H3. The summed E-state index contributed by atoms with van der Waals surface area (Å²) in [6.45, 7) is 16.6. The molecule has 0 N–H and O–H groups in total. The lowest BCUT2D eigenvalue weighted by Gasteiger charge is -2.36. The van der Waals surface area contributed by atoms with Crippen LogP contribution in [0.15, 0.2) is 0 Å². The minimum absolute atomic E-state index is 0.651. The maximum absolute atomic E-state index is 5.62. The fourth-order valence-electron chi connectivity index (χ4n) is 2.02. The highest BCUT2D eigenvalue weighted by molar-refractivity contribution is 4.73. The van der Waals surface area contributed by atoms with Gasteiger partial charge >= 0.3 is 0 Å². The molecule has 0 aromatic heterocycles. The Kier molecular flexibility index (Phi) is 6.32. The van der Waals surface area contributed by atoms with E-state index in [4.69, 9.17) is 4.74 Å². The topological polar surface area (TPSA) is 15.7 Å². The summed E-state index contributed by atoms with van der Waals surface area (Å²) in [5.41, 5.74) is 0. The SMILES string of the molecule is CC(C)COCCN1CCN(C(C)C)CC1. The monoisotopic (exact) mass is 228 g/mol. The van der Waals surface area contributed by atoms with Gasteiger partial charge in [-0.2, -0.15) is 0 Å². The van der Waals surface area contributed by atoms with Crippen LogP contribution in [0.25, 0.3) is 0 Å². The predicted molar refractivity (Wildman–Crippen MR) is 68.8 cm³/mol. The van der Waals surface area contributed by atoms with Gasteiger partial charge in [-0.1, -0.05) is 13.8 Å². The molecule has 0 aromatic rings. The van der Waals surface area contributed by atoms with Gasteiger partial charge in [-0.3, -0.25) is 9.80 Å². The van der Waals surface area contributed by atoms with Crippen LogP contribution >= 0.6 is 0 Å². The van der Waals surface area contributed by atoms with Crippen molar-refractivity contribution in [2.75, 3.05) is 45.9 Å². The first-order valence-electron chi connectivity index (χ1n) is 6.63. The number of piperazine rings is 1. The molecule has 0 spiro atoms. The largest absolute Gasteiger partial charge is 0.380 e. The van der Waals surface area contributed by atoms with Gasteiger partial charge in [-0.25, -0.2) is 0 Å². The third kappa shape index (κ3) is 5.28. The Morgan fingerprint density at radius 2 is 1.62 bits per heavy atom. The van der Waals surface area contributed by atoms with E-state index in [1.165, 1.54) is 26.2 Å². The average molecular weight is 228 g/mol. The third-order valence-electron chi connectivity index (χ3n) is 3.14. The molecule has 0 bridgehead atoms. The zero-order valence-corrected chi connectivity index (χ0v) is 11.4. The van der Waals surface area contributed by atoms with Crippen LogP contribution < -0.4 is 0 Å². The average Bonchev–Trinajstić information content (AvgIpc) is 2.25. The van der Waals surface area contributed by atoms with Crippen molar-refractivity contribution in [2.24, 2.45) is 5.92 Å². The summed E-state index contributed by atoms with van der Waals surface area (Å²) in [4.78, 5) is 5.06. The molecule has 0 aliphatic carbocycles. The number of hydrogen-bond acceptors (Lipinski definition) is 3. The number of hydrogen-bond donors (Lipinski definition) is 0. The lowest BCUT2D eigenvalue weighted by Crippen LogP contribution is -2.49. The summed E-state index contributed by atoms with van der Waals surface area (Å²) >= 11 is 0. The smallest absolute Gasteiger partial charge is 0.0593 e. The first kappa shape index (κ1) is 13.9. The van der Waals surface area contributed by atoms with Gasteiger partial charge in [-0.05, 0) is 19.8 Å². The Hall–Kier alpha value is -0.120. The maximum atomic E-state index is 5.62. The van der Waals surface area contributed by atoms with E-state index in [2.05, 4.69) is 37.5 Å². The van der Waals surface area contributed by atoms with Crippen LogP contribution in [0.3, 0.4) is 0 Å². The molecular formula is C13H28N2O. The molecule has 1 aliphatic heterocycles. The Morgan fingerprint density at radius 1 is 1.00 bits per heavy atom. The second-order valence-electron chi connectivity index (χ2n) is 5.44. The molecule has 0 atom stereocenters. The molecule has 3 heteroatoms. The Morgan fingerprint density at radius 3 is 2.12 bits per heavy atom. The first-order valence-corrected chi connectivity index (χ1v) is 6.63. The van der Waals surface area contributed by atoms with E-state index >= 15 is 0 Å². The van der Waals surface area contributed by atoms with Crippen molar-refractivity contribution in [2.45, 2.75) is 33.7 Å². The summed E-state index contributed by atoms with van der Waals surface area (Å²) in [7, 11) is 0. The van der Waals surface area contributed by atoms with Crippen molar-refractivity contribution in [1.82, 2.24) is 9.80 Å². The molecule has 16 heavy (non-hydrogen) atoms. The second kappa shape index (κ2) is 7.25. The van der Waals surface area contributed by atoms with Crippen LogP contribution in [0.5, 0.6) is 0 Å². The molecular weight excluding hydrogens is 200 g/mol. The maximum Gasteiger partial charge on any atom is 0.0593 e. The van der Waals surface area contributed by atoms with Crippen molar-refractivity contribution in [1.29, 1.82) is 0 Å². The quantitative estimate of drug-likeness (QED) is 0.643. The molecule has 1 heterocycles. The van der Waals surface area contributed by atoms with Crippen LogP contribution in [-0.2, 0) is 4.74 Å². The molecule has 96 valence electrons. The summed E-state index contributed by atoms with van der Waals surface area (Å²) < 4.78 is 5.62. The number of rotatable bonds is 6. The summed E-state index contributed by atoms with van der Waals surface area (Å²) in [6.07, 6.45) is 0. The first-order chi connectivity index (χ1) is 7.59. The van der Waals surface area contributed by atoms with E-state index < -0.39 is 0 Å². The van der Waals surface area contributed by atoms with Gasteiger partial charge in [0, 0.05) is 45.4 Å². The lowest BCUT2D eigenvalue weighted by atomic mass is 10.2. The van der Waals surface area contributed by atoms with Gasteiger partial charge in [-0.15, -0.1) is 0 Å². The molecule has 1 aliphatic rings. The van der Waals surface area contributed by atoms with Crippen molar-refractivity contribution in [3.63, 3.8) is 0 Å². The summed E-state index contributed by atoms with van der Waals surface area (Å²) in [6, 6.07) is 0.694. The molecule has 1 rings (SSSR count). The van der Waals surface area contributed by atoms with E-state index in [0.717, 1.165) is 19.8 Å². The minimum atomic E-state index is 0.651. The lowest BCUT2D eigenvalue weighted by molar-refractivity contribution is 0.0576. The summed E-state index contributed by atoms with van der Waals surface area (Å²) in [5.74, 6) is 0.651. The van der Waals surface area contributed by atoms with Gasteiger partial charge in [0.2, 0.25) is 0 Å². The third-order valence-corrected chi connectivity index (χ3v) is 3.14. The molecule has 0 radical (unpaired) electrons. The fourth-order valence-corrected chi connectivity index (χ4v) is 2.02. The highest BCUT2D eigenvalue weighted by Gasteiger charge is 2.17. The second-order valence-corrected chi connectivity index (χ2v) is 5.44. The Labute approximate surface area is 101 Å². The zero-order valence-electron chi connectivity index (χ0n) is 11.4. The van der Waals surface area contributed by atoms with Crippen LogP contribution in [0.1, 0.15) is 27.7 Å².